The molecule has 1 aliphatic rings. The van der Waals surface area contributed by atoms with Gasteiger partial charge in [0.2, 0.25) is 0 Å². The summed E-state index contributed by atoms with van der Waals surface area (Å²) in [5.74, 6) is 3.08. The summed E-state index contributed by atoms with van der Waals surface area (Å²) < 4.78 is 0. The molecule has 0 heterocycles. The molecule has 0 aromatic heterocycles. The van der Waals surface area contributed by atoms with Crippen LogP contribution < -0.4 is 0 Å². The van der Waals surface area contributed by atoms with Crippen LogP contribution >= 0.6 is 23.2 Å². The fraction of sp³-hybridized carbons (Fsp3) is 0.385. The van der Waals surface area contributed by atoms with Gasteiger partial charge in [-0.2, -0.15) is 0 Å². The number of hydrogen-bond acceptors (Lipinski definition) is 0. The molecular formula is C13H12Cl2. The first kappa shape index (κ1) is 10.9. The van der Waals surface area contributed by atoms with Crippen LogP contribution in [0.15, 0.2) is 12.1 Å². The van der Waals surface area contributed by atoms with Crippen LogP contribution in [0.1, 0.15) is 42.7 Å². The zero-order chi connectivity index (χ0) is 10.8. The molecule has 1 saturated carbocycles. The highest BCUT2D eigenvalue weighted by atomic mass is 35.5. The highest BCUT2D eigenvalue weighted by molar-refractivity contribution is 6.36. The van der Waals surface area contributed by atoms with Gasteiger partial charge in [-0.3, -0.25) is 0 Å². The lowest BCUT2D eigenvalue weighted by Crippen LogP contribution is -1.95. The fourth-order valence-electron chi connectivity index (χ4n) is 2.27. The Morgan fingerprint density at radius 2 is 1.67 bits per heavy atom. The third kappa shape index (κ3) is 2.14. The Bertz CT molecular complexity index is 386. The molecule has 0 saturated heterocycles. The minimum absolute atomic E-state index is 0.525. The normalized spacial score (nSPS) is 16.6. The summed E-state index contributed by atoms with van der Waals surface area (Å²) in [6, 6.07) is 3.67. The van der Waals surface area contributed by atoms with Gasteiger partial charge in [0.05, 0.1) is 0 Å². The Labute approximate surface area is 101 Å². The Kier molecular flexibility index (Phi) is 3.24. The van der Waals surface area contributed by atoms with Crippen molar-refractivity contribution >= 4 is 23.2 Å². The summed E-state index contributed by atoms with van der Waals surface area (Å²) in [5.41, 5.74) is 1.85. The molecule has 0 nitrogen and oxygen atoms in total. The van der Waals surface area contributed by atoms with Crippen molar-refractivity contribution in [2.45, 2.75) is 31.6 Å². The van der Waals surface area contributed by atoms with Gasteiger partial charge in [-0.25, -0.2) is 0 Å². The molecule has 2 heteroatoms. The zero-order valence-corrected chi connectivity index (χ0v) is 9.91. The lowest BCUT2D eigenvalue weighted by atomic mass is 9.96. The van der Waals surface area contributed by atoms with Crippen LogP contribution in [0.5, 0.6) is 0 Å². The van der Waals surface area contributed by atoms with Crippen molar-refractivity contribution in [3.05, 3.63) is 33.3 Å². The smallest absolute Gasteiger partial charge is 0.0468 e. The number of benzene rings is 1. The molecule has 0 spiro atoms. The maximum absolute atomic E-state index is 6.21. The molecule has 1 aliphatic carbocycles. The van der Waals surface area contributed by atoms with E-state index in [-0.39, 0.29) is 0 Å². The molecule has 0 aliphatic heterocycles. The number of rotatable bonds is 1. The predicted molar refractivity (Wildman–Crippen MR) is 65.6 cm³/mol. The predicted octanol–water partition coefficient (Wildman–Crippen LogP) is 4.63. The molecule has 0 bridgehead atoms. The van der Waals surface area contributed by atoms with Gasteiger partial charge < -0.3 is 0 Å². The largest absolute Gasteiger partial charge is 0.115 e. The quantitative estimate of drug-likeness (QED) is 0.626. The second-order valence-electron chi connectivity index (χ2n) is 3.98. The molecule has 1 fully saturated rings. The SMILES string of the molecule is C#Cc1cc(Cl)c(C2CCCC2)c(Cl)c1. The van der Waals surface area contributed by atoms with Crippen molar-refractivity contribution in [3.8, 4) is 12.3 Å². The molecule has 78 valence electrons. The Hall–Kier alpha value is -0.640. The van der Waals surface area contributed by atoms with Crippen molar-refractivity contribution in [3.63, 3.8) is 0 Å². The highest BCUT2D eigenvalue weighted by Crippen LogP contribution is 2.41. The van der Waals surface area contributed by atoms with E-state index in [1.54, 1.807) is 0 Å². The highest BCUT2D eigenvalue weighted by Gasteiger charge is 2.22. The van der Waals surface area contributed by atoms with Crippen LogP contribution in [0.2, 0.25) is 10.0 Å². The van der Waals surface area contributed by atoms with Gasteiger partial charge in [0, 0.05) is 15.6 Å². The molecule has 1 aromatic carbocycles. The van der Waals surface area contributed by atoms with Crippen molar-refractivity contribution < 1.29 is 0 Å². The third-order valence-electron chi connectivity index (χ3n) is 3.01. The van der Waals surface area contributed by atoms with E-state index in [9.17, 15) is 0 Å². The first-order valence-corrected chi connectivity index (χ1v) is 5.93. The lowest BCUT2D eigenvalue weighted by Gasteiger charge is -2.14. The molecule has 0 atom stereocenters. The number of halogens is 2. The molecule has 0 amide bonds. The van der Waals surface area contributed by atoms with Gasteiger partial charge >= 0.3 is 0 Å². The van der Waals surface area contributed by atoms with Crippen molar-refractivity contribution in [1.29, 1.82) is 0 Å². The van der Waals surface area contributed by atoms with Gasteiger partial charge in [-0.1, -0.05) is 42.0 Å². The average molecular weight is 239 g/mol. The summed E-state index contributed by atoms with van der Waals surface area (Å²) in [6.45, 7) is 0. The van der Waals surface area contributed by atoms with E-state index in [0.29, 0.717) is 5.92 Å². The van der Waals surface area contributed by atoms with Crippen LogP contribution in [-0.4, -0.2) is 0 Å². The van der Waals surface area contributed by atoms with Gasteiger partial charge in [-0.15, -0.1) is 6.42 Å². The second kappa shape index (κ2) is 4.47. The topological polar surface area (TPSA) is 0 Å². The summed E-state index contributed by atoms with van der Waals surface area (Å²) in [4.78, 5) is 0. The van der Waals surface area contributed by atoms with Gasteiger partial charge in [0.1, 0.15) is 0 Å². The molecule has 2 rings (SSSR count). The molecule has 0 unspecified atom stereocenters. The minimum atomic E-state index is 0.525. The van der Waals surface area contributed by atoms with Crippen molar-refractivity contribution in [2.75, 3.05) is 0 Å². The lowest BCUT2D eigenvalue weighted by molar-refractivity contribution is 0.724. The van der Waals surface area contributed by atoms with Crippen LogP contribution in [0.4, 0.5) is 0 Å². The number of hydrogen-bond donors (Lipinski definition) is 0. The van der Waals surface area contributed by atoms with E-state index in [1.165, 1.54) is 25.7 Å². The second-order valence-corrected chi connectivity index (χ2v) is 4.79. The molecule has 1 aromatic rings. The molecule has 15 heavy (non-hydrogen) atoms. The average Bonchev–Trinajstić information content (AvgIpc) is 2.69. The number of terminal acetylenes is 1. The van der Waals surface area contributed by atoms with E-state index in [1.807, 2.05) is 12.1 Å². The molecule has 0 N–H and O–H groups in total. The minimum Gasteiger partial charge on any atom is -0.115 e. The van der Waals surface area contributed by atoms with E-state index >= 15 is 0 Å². The summed E-state index contributed by atoms with van der Waals surface area (Å²) in [7, 11) is 0. The standard InChI is InChI=1S/C13H12Cl2/c1-2-9-7-11(14)13(12(15)8-9)10-5-3-4-6-10/h1,7-8,10H,3-6H2. The van der Waals surface area contributed by atoms with Gasteiger partial charge in [-0.05, 0) is 36.5 Å². The Morgan fingerprint density at radius 3 is 2.13 bits per heavy atom. The van der Waals surface area contributed by atoms with E-state index in [4.69, 9.17) is 29.6 Å². The summed E-state index contributed by atoms with van der Waals surface area (Å²) in [5, 5.41) is 1.45. The van der Waals surface area contributed by atoms with Gasteiger partial charge in [0.25, 0.3) is 0 Å². The van der Waals surface area contributed by atoms with Crippen molar-refractivity contribution in [1.82, 2.24) is 0 Å². The van der Waals surface area contributed by atoms with Crippen LogP contribution in [0.3, 0.4) is 0 Å². The zero-order valence-electron chi connectivity index (χ0n) is 8.39. The van der Waals surface area contributed by atoms with E-state index in [2.05, 4.69) is 5.92 Å². The molecular weight excluding hydrogens is 227 g/mol. The van der Waals surface area contributed by atoms with Crippen LogP contribution in [0, 0.1) is 12.3 Å². The van der Waals surface area contributed by atoms with Crippen LogP contribution in [0.25, 0.3) is 0 Å². The first-order valence-electron chi connectivity index (χ1n) is 5.18. The maximum atomic E-state index is 6.21. The fourth-order valence-corrected chi connectivity index (χ4v) is 3.07. The van der Waals surface area contributed by atoms with Crippen LogP contribution in [-0.2, 0) is 0 Å². The maximum Gasteiger partial charge on any atom is 0.0468 e. The Balaban J connectivity index is 2.43. The first-order chi connectivity index (χ1) is 7.22. The van der Waals surface area contributed by atoms with Crippen molar-refractivity contribution in [2.24, 2.45) is 0 Å². The monoisotopic (exact) mass is 238 g/mol. The summed E-state index contributed by atoms with van der Waals surface area (Å²) in [6.07, 6.45) is 10.2. The van der Waals surface area contributed by atoms with Gasteiger partial charge in [0.15, 0.2) is 0 Å². The summed E-state index contributed by atoms with van der Waals surface area (Å²) >= 11 is 12.4. The van der Waals surface area contributed by atoms with E-state index < -0.39 is 0 Å². The third-order valence-corrected chi connectivity index (χ3v) is 3.63. The van der Waals surface area contributed by atoms with E-state index in [0.717, 1.165) is 21.2 Å². The Morgan fingerprint density at radius 1 is 1.13 bits per heavy atom. The molecule has 0 radical (unpaired) electrons.